The molecule has 1 atom stereocenters. The van der Waals surface area contributed by atoms with E-state index < -0.39 is 11.8 Å². The summed E-state index contributed by atoms with van der Waals surface area (Å²) in [4.78, 5) is 32.1. The molecule has 1 aliphatic carbocycles. The van der Waals surface area contributed by atoms with Crippen LogP contribution in [0, 0.1) is 5.92 Å². The number of carbonyl (C=O) groups excluding carboxylic acids is 2. The van der Waals surface area contributed by atoms with E-state index in [0.717, 1.165) is 51.9 Å². The lowest BCUT2D eigenvalue weighted by atomic mass is 9.83. The summed E-state index contributed by atoms with van der Waals surface area (Å²) in [7, 11) is 2.15. The highest BCUT2D eigenvalue weighted by Gasteiger charge is 2.54. The second kappa shape index (κ2) is 8.25. The van der Waals surface area contributed by atoms with Crippen LogP contribution in [0.2, 0.25) is 5.02 Å². The number of hydrogen-bond acceptors (Lipinski definition) is 3. The summed E-state index contributed by atoms with van der Waals surface area (Å²) < 4.78 is 6.28. The molecule has 4 rings (SSSR count). The Morgan fingerprint density at radius 1 is 1.21 bits per heavy atom. The molecule has 3 fully saturated rings. The van der Waals surface area contributed by atoms with Gasteiger partial charge >= 0.3 is 0 Å². The summed E-state index contributed by atoms with van der Waals surface area (Å²) in [6, 6.07) is 6.43. The van der Waals surface area contributed by atoms with Gasteiger partial charge in [-0.05, 0) is 49.8 Å². The lowest BCUT2D eigenvalue weighted by molar-refractivity contribution is -0.883. The SMILES string of the molecule is CC1CCC2(CC1)OC[C@@H](C(=O)N1CC[NH+](C)CC1)N2C(=O)c1cccc(Cl)c1. The summed E-state index contributed by atoms with van der Waals surface area (Å²) >= 11 is 6.15. The minimum absolute atomic E-state index is 0.0170. The van der Waals surface area contributed by atoms with Crippen molar-refractivity contribution in [3.05, 3.63) is 34.9 Å². The van der Waals surface area contributed by atoms with Crippen molar-refractivity contribution in [1.82, 2.24) is 9.80 Å². The Hall–Kier alpha value is -1.63. The number of nitrogens with one attached hydrogen (secondary N) is 1. The summed E-state index contributed by atoms with van der Waals surface area (Å²) in [6.07, 6.45) is 3.55. The van der Waals surface area contributed by atoms with Gasteiger partial charge in [0, 0.05) is 10.6 Å². The van der Waals surface area contributed by atoms with E-state index in [0.29, 0.717) is 16.5 Å². The van der Waals surface area contributed by atoms with Crippen molar-refractivity contribution < 1.29 is 19.2 Å². The Morgan fingerprint density at radius 2 is 1.90 bits per heavy atom. The fourth-order valence-electron chi connectivity index (χ4n) is 4.85. The molecule has 0 radical (unpaired) electrons. The quantitative estimate of drug-likeness (QED) is 0.787. The van der Waals surface area contributed by atoms with Gasteiger partial charge in [-0.1, -0.05) is 24.6 Å². The van der Waals surface area contributed by atoms with E-state index in [2.05, 4.69) is 14.0 Å². The number of quaternary nitrogens is 1. The standard InChI is InChI=1S/C22H30ClN3O3/c1-16-6-8-22(9-7-16)26(20(27)17-4-3-5-18(23)14-17)19(15-29-22)21(28)25-12-10-24(2)11-13-25/h3-5,14,16,19H,6-13,15H2,1-2H3/p+1/t16?,19-,22?/m0/s1. The zero-order chi connectivity index (χ0) is 20.6. The average Bonchev–Trinajstić information content (AvgIpc) is 3.08. The highest BCUT2D eigenvalue weighted by Crippen LogP contribution is 2.43. The lowest BCUT2D eigenvalue weighted by Gasteiger charge is -2.43. The first-order chi connectivity index (χ1) is 13.9. The Labute approximate surface area is 177 Å². The third kappa shape index (κ3) is 4.03. The number of piperazine rings is 1. The van der Waals surface area contributed by atoms with Crippen LogP contribution in [0.5, 0.6) is 0 Å². The van der Waals surface area contributed by atoms with Crippen molar-refractivity contribution in [2.45, 2.75) is 44.4 Å². The molecule has 158 valence electrons. The summed E-state index contributed by atoms with van der Waals surface area (Å²) in [6.45, 7) is 5.84. The molecule has 6 nitrogen and oxygen atoms in total. The van der Waals surface area contributed by atoms with Crippen LogP contribution in [0.4, 0.5) is 0 Å². The predicted octanol–water partition coefficient (Wildman–Crippen LogP) is 1.44. The Kier molecular flexibility index (Phi) is 5.87. The number of likely N-dealkylation sites (N-methyl/N-ethyl adjacent to an activating group) is 1. The van der Waals surface area contributed by atoms with Crippen molar-refractivity contribution in [2.75, 3.05) is 39.8 Å². The molecule has 2 saturated heterocycles. The monoisotopic (exact) mass is 420 g/mol. The van der Waals surface area contributed by atoms with Crippen LogP contribution in [0.3, 0.4) is 0 Å². The fraction of sp³-hybridized carbons (Fsp3) is 0.636. The van der Waals surface area contributed by atoms with Crippen molar-refractivity contribution in [3.8, 4) is 0 Å². The summed E-state index contributed by atoms with van der Waals surface area (Å²) in [5.41, 5.74) is -0.161. The van der Waals surface area contributed by atoms with Crippen LogP contribution >= 0.6 is 11.6 Å². The van der Waals surface area contributed by atoms with Crippen LogP contribution in [0.25, 0.3) is 0 Å². The van der Waals surface area contributed by atoms with Crippen LogP contribution in [-0.2, 0) is 9.53 Å². The molecule has 0 bridgehead atoms. The maximum Gasteiger partial charge on any atom is 0.256 e. The highest BCUT2D eigenvalue weighted by molar-refractivity contribution is 6.31. The number of benzene rings is 1. The number of nitrogens with zero attached hydrogens (tertiary/aromatic N) is 2. The fourth-order valence-corrected chi connectivity index (χ4v) is 5.04. The van der Waals surface area contributed by atoms with Crippen molar-refractivity contribution in [3.63, 3.8) is 0 Å². The van der Waals surface area contributed by atoms with Crippen LogP contribution in [0.1, 0.15) is 43.0 Å². The first-order valence-corrected chi connectivity index (χ1v) is 11.1. The van der Waals surface area contributed by atoms with Gasteiger partial charge in [0.2, 0.25) is 5.91 Å². The van der Waals surface area contributed by atoms with Crippen molar-refractivity contribution >= 4 is 23.4 Å². The van der Waals surface area contributed by atoms with Gasteiger partial charge in [-0.3, -0.25) is 14.5 Å². The minimum Gasteiger partial charge on any atom is -0.353 e. The zero-order valence-corrected chi connectivity index (χ0v) is 18.1. The van der Waals surface area contributed by atoms with Gasteiger partial charge in [0.25, 0.3) is 5.91 Å². The normalized spacial score (nSPS) is 30.7. The molecule has 1 N–H and O–H groups in total. The first-order valence-electron chi connectivity index (χ1n) is 10.7. The number of carbonyl (C=O) groups is 2. The van der Waals surface area contributed by atoms with Gasteiger partial charge in [-0.2, -0.15) is 0 Å². The molecule has 2 aliphatic heterocycles. The summed E-state index contributed by atoms with van der Waals surface area (Å²) in [5.74, 6) is 0.476. The van der Waals surface area contributed by atoms with Gasteiger partial charge in [-0.25, -0.2) is 0 Å². The van der Waals surface area contributed by atoms with E-state index in [4.69, 9.17) is 16.3 Å². The maximum absolute atomic E-state index is 13.6. The van der Waals surface area contributed by atoms with Crippen LogP contribution in [0.15, 0.2) is 24.3 Å². The van der Waals surface area contributed by atoms with E-state index in [9.17, 15) is 9.59 Å². The molecule has 1 saturated carbocycles. The van der Waals surface area contributed by atoms with E-state index >= 15 is 0 Å². The smallest absolute Gasteiger partial charge is 0.256 e. The average molecular weight is 421 g/mol. The number of halogens is 1. The predicted molar refractivity (Wildman–Crippen MR) is 111 cm³/mol. The van der Waals surface area contributed by atoms with E-state index in [1.54, 1.807) is 29.2 Å². The van der Waals surface area contributed by atoms with Crippen LogP contribution < -0.4 is 4.90 Å². The second-order valence-electron chi connectivity index (χ2n) is 8.92. The van der Waals surface area contributed by atoms with E-state index in [-0.39, 0.29) is 18.4 Å². The topological polar surface area (TPSA) is 54.3 Å². The molecule has 0 aromatic heterocycles. The molecular weight excluding hydrogens is 390 g/mol. The van der Waals surface area contributed by atoms with Gasteiger partial charge in [-0.15, -0.1) is 0 Å². The van der Waals surface area contributed by atoms with Crippen LogP contribution in [-0.4, -0.2) is 73.2 Å². The number of rotatable bonds is 2. The van der Waals surface area contributed by atoms with Crippen molar-refractivity contribution in [2.24, 2.45) is 5.92 Å². The molecule has 1 spiro atoms. The highest BCUT2D eigenvalue weighted by atomic mass is 35.5. The molecule has 7 heteroatoms. The largest absolute Gasteiger partial charge is 0.353 e. The maximum atomic E-state index is 13.6. The molecule has 1 aromatic carbocycles. The third-order valence-electron chi connectivity index (χ3n) is 6.82. The molecule has 2 amide bonds. The Bertz CT molecular complexity index is 770. The minimum atomic E-state index is -0.677. The number of ether oxygens (including phenoxy) is 1. The zero-order valence-electron chi connectivity index (χ0n) is 17.3. The molecule has 29 heavy (non-hydrogen) atoms. The van der Waals surface area contributed by atoms with Gasteiger partial charge in [0.05, 0.1) is 39.8 Å². The molecule has 2 heterocycles. The number of amides is 2. The van der Waals surface area contributed by atoms with Gasteiger partial charge in [0.1, 0.15) is 11.8 Å². The molecular formula is C22H31ClN3O3+. The Morgan fingerprint density at radius 3 is 2.55 bits per heavy atom. The van der Waals surface area contributed by atoms with Crippen molar-refractivity contribution in [1.29, 1.82) is 0 Å². The van der Waals surface area contributed by atoms with Gasteiger partial charge in [0.15, 0.2) is 0 Å². The molecule has 3 aliphatic rings. The molecule has 0 unspecified atom stereocenters. The molecule has 1 aromatic rings. The lowest BCUT2D eigenvalue weighted by Crippen LogP contribution is -3.12. The van der Waals surface area contributed by atoms with E-state index in [1.165, 1.54) is 4.90 Å². The second-order valence-corrected chi connectivity index (χ2v) is 9.36. The first kappa shape index (κ1) is 20.6. The number of hydrogen-bond donors (Lipinski definition) is 1. The summed E-state index contributed by atoms with van der Waals surface area (Å²) in [5, 5.41) is 0.521. The third-order valence-corrected chi connectivity index (χ3v) is 7.06. The van der Waals surface area contributed by atoms with Gasteiger partial charge < -0.3 is 14.5 Å². The van der Waals surface area contributed by atoms with E-state index in [1.807, 2.05) is 4.90 Å². The Balaban J connectivity index is 1.63.